The molecule has 0 bridgehead atoms. The Morgan fingerprint density at radius 3 is 2.56 bits per heavy atom. The average Bonchev–Trinajstić information content (AvgIpc) is 3.54. The molecule has 0 N–H and O–H groups in total. The SMILES string of the molecule is N#Cc1ccnc(N2C(=O)CC[C@H]2C(=O)N(c2cccc(Cl)c2)[C@]2(C(=O)C3CCC3(F)F)CCc3ccccc32)c1. The van der Waals surface area contributed by atoms with Gasteiger partial charge in [0.15, 0.2) is 5.78 Å². The van der Waals surface area contributed by atoms with Gasteiger partial charge < -0.3 is 0 Å². The number of aromatic nitrogens is 1. The number of nitriles is 1. The van der Waals surface area contributed by atoms with E-state index in [1.54, 1.807) is 30.3 Å². The van der Waals surface area contributed by atoms with Crippen molar-refractivity contribution in [3.05, 3.63) is 88.6 Å². The summed E-state index contributed by atoms with van der Waals surface area (Å²) in [6, 6.07) is 17.3. The van der Waals surface area contributed by atoms with Crippen molar-refractivity contribution in [2.45, 2.75) is 56.0 Å². The number of carbonyl (C=O) groups excluding carboxylic acids is 3. The first-order chi connectivity index (χ1) is 19.7. The highest BCUT2D eigenvalue weighted by Gasteiger charge is 2.62. The minimum Gasteiger partial charge on any atom is -0.296 e. The summed E-state index contributed by atoms with van der Waals surface area (Å²) in [6.45, 7) is 0. The third-order valence-corrected chi connectivity index (χ3v) is 8.74. The normalized spacial score (nSPS) is 24.3. The maximum atomic E-state index is 14.9. The lowest BCUT2D eigenvalue weighted by molar-refractivity contribution is -0.166. The van der Waals surface area contributed by atoms with Crippen molar-refractivity contribution >= 4 is 40.7 Å². The first-order valence-corrected chi connectivity index (χ1v) is 13.8. The van der Waals surface area contributed by atoms with Gasteiger partial charge in [-0.2, -0.15) is 5.26 Å². The van der Waals surface area contributed by atoms with Crippen LogP contribution in [0.5, 0.6) is 0 Å². The molecule has 3 aliphatic rings. The van der Waals surface area contributed by atoms with Gasteiger partial charge in [-0.15, -0.1) is 0 Å². The predicted molar refractivity (Wildman–Crippen MR) is 148 cm³/mol. The fraction of sp³-hybridized carbons (Fsp3) is 0.323. The molecule has 7 nitrogen and oxygen atoms in total. The lowest BCUT2D eigenvalue weighted by Gasteiger charge is -2.47. The summed E-state index contributed by atoms with van der Waals surface area (Å²) in [5.41, 5.74) is 0.100. The third-order valence-electron chi connectivity index (χ3n) is 8.51. The molecule has 1 saturated heterocycles. The summed E-state index contributed by atoms with van der Waals surface area (Å²) in [5.74, 6) is -6.27. The molecule has 41 heavy (non-hydrogen) atoms. The van der Waals surface area contributed by atoms with Crippen molar-refractivity contribution in [1.82, 2.24) is 4.98 Å². The van der Waals surface area contributed by atoms with Gasteiger partial charge in [-0.1, -0.05) is 41.9 Å². The van der Waals surface area contributed by atoms with Gasteiger partial charge in [0.2, 0.25) is 5.91 Å². The number of pyridine rings is 1. The topological polar surface area (TPSA) is 94.4 Å². The summed E-state index contributed by atoms with van der Waals surface area (Å²) in [5, 5.41) is 9.69. The van der Waals surface area contributed by atoms with E-state index in [4.69, 9.17) is 11.6 Å². The number of aryl methyl sites for hydroxylation is 1. The fourth-order valence-corrected chi connectivity index (χ4v) is 6.62. The molecule has 1 saturated carbocycles. The van der Waals surface area contributed by atoms with Gasteiger partial charge in [-0.25, -0.2) is 13.8 Å². The van der Waals surface area contributed by atoms with Crippen LogP contribution < -0.4 is 9.80 Å². The van der Waals surface area contributed by atoms with E-state index in [0.29, 0.717) is 17.0 Å². The predicted octanol–water partition coefficient (Wildman–Crippen LogP) is 5.59. The molecule has 3 aromatic rings. The molecule has 0 spiro atoms. The Hall–Kier alpha value is -4.16. The van der Waals surface area contributed by atoms with Crippen LogP contribution in [0.15, 0.2) is 66.9 Å². The van der Waals surface area contributed by atoms with Crippen LogP contribution in [0.4, 0.5) is 20.3 Å². The van der Waals surface area contributed by atoms with Crippen molar-refractivity contribution in [2.75, 3.05) is 9.80 Å². The Morgan fingerprint density at radius 1 is 1.05 bits per heavy atom. The number of fused-ring (bicyclic) bond motifs is 1. The molecule has 2 aromatic carbocycles. The number of hydrogen-bond donors (Lipinski definition) is 0. The third kappa shape index (κ3) is 4.29. The standard InChI is InChI=1S/C31H25ClF2N4O3/c32-21-5-3-6-22(17-21)38(29(41)25-8-9-27(39)37(25)26-16-19(18-35)12-15-36-26)30(28(40)24-11-14-31(24,33)34)13-10-20-4-1-2-7-23(20)30/h1-7,12,15-17,24-25H,8-11,13-14H2/t24?,25-,30+/m0/s1. The zero-order chi connectivity index (χ0) is 28.9. The number of amides is 2. The van der Waals surface area contributed by atoms with Gasteiger partial charge in [0.05, 0.1) is 17.6 Å². The van der Waals surface area contributed by atoms with Crippen molar-refractivity contribution in [1.29, 1.82) is 5.26 Å². The molecule has 2 fully saturated rings. The molecule has 1 aromatic heterocycles. The van der Waals surface area contributed by atoms with Crippen LogP contribution in [0.3, 0.4) is 0 Å². The summed E-state index contributed by atoms with van der Waals surface area (Å²) in [6.07, 6.45) is 1.69. The Kier molecular flexibility index (Phi) is 6.62. The monoisotopic (exact) mass is 574 g/mol. The van der Waals surface area contributed by atoms with Crippen LogP contribution >= 0.6 is 11.6 Å². The van der Waals surface area contributed by atoms with E-state index in [1.807, 2.05) is 18.2 Å². The average molecular weight is 575 g/mol. The summed E-state index contributed by atoms with van der Waals surface area (Å²) in [7, 11) is 0. The van der Waals surface area contributed by atoms with E-state index in [9.17, 15) is 28.4 Å². The van der Waals surface area contributed by atoms with Crippen molar-refractivity contribution in [3.8, 4) is 6.07 Å². The highest BCUT2D eigenvalue weighted by atomic mass is 35.5. The van der Waals surface area contributed by atoms with E-state index in [0.717, 1.165) is 5.56 Å². The second kappa shape index (κ2) is 10.0. The smallest absolute Gasteiger partial charge is 0.257 e. The molecule has 208 valence electrons. The first kappa shape index (κ1) is 27.0. The Labute approximate surface area is 240 Å². The van der Waals surface area contributed by atoms with E-state index < -0.39 is 41.5 Å². The molecular formula is C31H25ClF2N4O3. The van der Waals surface area contributed by atoms with Crippen LogP contribution in [0.2, 0.25) is 5.02 Å². The number of halogens is 3. The zero-order valence-electron chi connectivity index (χ0n) is 21.9. The van der Waals surface area contributed by atoms with E-state index in [1.165, 1.54) is 34.2 Å². The fourth-order valence-electron chi connectivity index (χ4n) is 6.43. The quantitative estimate of drug-likeness (QED) is 0.382. The number of ketones is 1. The van der Waals surface area contributed by atoms with Crippen LogP contribution in [-0.2, 0) is 26.3 Å². The van der Waals surface area contributed by atoms with Gasteiger partial charge in [-0.3, -0.25) is 24.2 Å². The largest absolute Gasteiger partial charge is 0.296 e. The van der Waals surface area contributed by atoms with Gasteiger partial charge in [0.25, 0.3) is 11.8 Å². The van der Waals surface area contributed by atoms with Gasteiger partial charge in [0, 0.05) is 29.7 Å². The number of anilines is 2. The lowest BCUT2D eigenvalue weighted by atomic mass is 9.69. The van der Waals surface area contributed by atoms with Gasteiger partial charge in [0.1, 0.15) is 17.4 Å². The highest BCUT2D eigenvalue weighted by molar-refractivity contribution is 6.31. The molecule has 0 radical (unpaired) electrons. The minimum absolute atomic E-state index is 0.0201. The Morgan fingerprint density at radius 2 is 1.85 bits per heavy atom. The lowest BCUT2D eigenvalue weighted by Crippen LogP contribution is -2.62. The van der Waals surface area contributed by atoms with E-state index in [2.05, 4.69) is 4.98 Å². The number of nitrogens with zero attached hydrogens (tertiary/aromatic N) is 4. The second-order valence-corrected chi connectivity index (χ2v) is 11.2. The van der Waals surface area contributed by atoms with Crippen molar-refractivity contribution in [2.24, 2.45) is 5.92 Å². The first-order valence-electron chi connectivity index (χ1n) is 13.5. The number of hydrogen-bond acceptors (Lipinski definition) is 5. The molecule has 10 heteroatoms. The van der Waals surface area contributed by atoms with Crippen LogP contribution in [0, 0.1) is 17.2 Å². The number of benzene rings is 2. The molecule has 2 amide bonds. The minimum atomic E-state index is -3.18. The molecule has 2 aliphatic carbocycles. The van der Waals surface area contributed by atoms with Crippen molar-refractivity contribution in [3.63, 3.8) is 0 Å². The number of carbonyl (C=O) groups is 3. The Bertz CT molecular complexity index is 1620. The molecule has 1 unspecified atom stereocenters. The number of Topliss-reactive ketones (excluding diaryl/α,β-unsaturated/α-hetero) is 1. The van der Waals surface area contributed by atoms with Gasteiger partial charge >= 0.3 is 0 Å². The number of rotatable bonds is 6. The van der Waals surface area contributed by atoms with Crippen molar-refractivity contribution < 1.29 is 23.2 Å². The summed E-state index contributed by atoms with van der Waals surface area (Å²) >= 11 is 6.36. The van der Waals surface area contributed by atoms with Crippen LogP contribution in [-0.4, -0.2) is 34.5 Å². The zero-order valence-corrected chi connectivity index (χ0v) is 22.7. The van der Waals surface area contributed by atoms with Crippen LogP contribution in [0.1, 0.15) is 48.8 Å². The second-order valence-electron chi connectivity index (χ2n) is 10.7. The van der Waals surface area contributed by atoms with Gasteiger partial charge in [-0.05, 0) is 67.1 Å². The summed E-state index contributed by atoms with van der Waals surface area (Å²) in [4.78, 5) is 49.1. The van der Waals surface area contributed by atoms with Crippen LogP contribution in [0.25, 0.3) is 0 Å². The molecular weight excluding hydrogens is 550 g/mol. The molecule has 2 heterocycles. The van der Waals surface area contributed by atoms with E-state index >= 15 is 0 Å². The highest BCUT2D eigenvalue weighted by Crippen LogP contribution is 2.53. The molecule has 6 rings (SSSR count). The summed E-state index contributed by atoms with van der Waals surface area (Å²) < 4.78 is 29.7. The Balaban J connectivity index is 1.54. The maximum Gasteiger partial charge on any atom is 0.257 e. The molecule has 3 atom stereocenters. The molecule has 1 aliphatic heterocycles. The number of alkyl halides is 2. The van der Waals surface area contributed by atoms with E-state index in [-0.39, 0.29) is 48.7 Å². The maximum absolute atomic E-state index is 14.9.